The summed E-state index contributed by atoms with van der Waals surface area (Å²) in [4.78, 5) is 42.9. The molecule has 0 aliphatic rings. The number of hydrogen-bond donors (Lipinski definition) is 2. The van der Waals surface area contributed by atoms with Crippen LogP contribution >= 0.6 is 11.6 Å². The molecule has 8 heteroatoms. The summed E-state index contributed by atoms with van der Waals surface area (Å²) < 4.78 is 5.48. The van der Waals surface area contributed by atoms with E-state index in [0.29, 0.717) is 30.1 Å². The highest BCUT2D eigenvalue weighted by molar-refractivity contribution is 6.34. The maximum Gasteiger partial charge on any atom is 0.408 e. The summed E-state index contributed by atoms with van der Waals surface area (Å²) in [6.45, 7) is 17.4. The summed E-state index contributed by atoms with van der Waals surface area (Å²) in [5.41, 5.74) is 3.20. The molecule has 2 unspecified atom stereocenters. The molecule has 7 nitrogen and oxygen atoms in total. The standard InChI is InChI=1S/C32H46ClN3O4/c1-10-11-17-36(30(38)26(18-20(2)3)34-31(39)40-32(7,8)9)28(24-19-21(4)15-16-22(24)5)29(37)35-27-23(6)13-12-14-25(27)33/h12-16,19-20,26,28H,10-11,17-18H2,1-9H3,(H,34,39)(H,35,37). The molecule has 0 saturated heterocycles. The zero-order chi connectivity index (χ0) is 30.2. The number of benzene rings is 2. The maximum atomic E-state index is 14.3. The third kappa shape index (κ3) is 9.54. The van der Waals surface area contributed by atoms with Gasteiger partial charge in [-0.25, -0.2) is 4.79 Å². The average molecular weight is 572 g/mol. The number of aryl methyl sites for hydroxylation is 3. The van der Waals surface area contributed by atoms with Crippen LogP contribution in [-0.2, 0) is 14.3 Å². The van der Waals surface area contributed by atoms with E-state index in [1.165, 1.54) is 0 Å². The lowest BCUT2D eigenvalue weighted by atomic mass is 9.94. The molecule has 3 amide bonds. The summed E-state index contributed by atoms with van der Waals surface area (Å²) in [6.07, 6.45) is 1.24. The molecule has 0 heterocycles. The Bertz CT molecular complexity index is 1170. The molecule has 0 spiro atoms. The first-order chi connectivity index (χ1) is 18.6. The second-order valence-electron chi connectivity index (χ2n) is 11.9. The van der Waals surface area contributed by atoms with Gasteiger partial charge in [0.25, 0.3) is 5.91 Å². The van der Waals surface area contributed by atoms with Gasteiger partial charge in [0, 0.05) is 6.54 Å². The fourth-order valence-electron chi connectivity index (χ4n) is 4.52. The van der Waals surface area contributed by atoms with Gasteiger partial charge in [0.05, 0.1) is 10.7 Å². The van der Waals surface area contributed by atoms with Crippen molar-refractivity contribution in [2.45, 2.75) is 99.3 Å². The van der Waals surface area contributed by atoms with Crippen molar-refractivity contribution in [2.75, 3.05) is 11.9 Å². The van der Waals surface area contributed by atoms with Crippen molar-refractivity contribution in [2.24, 2.45) is 5.92 Å². The number of anilines is 1. The van der Waals surface area contributed by atoms with Gasteiger partial charge in [0.2, 0.25) is 5.91 Å². The quantitative estimate of drug-likeness (QED) is 0.292. The molecule has 2 atom stereocenters. The Kier molecular flexibility index (Phi) is 12.0. The van der Waals surface area contributed by atoms with Crippen molar-refractivity contribution in [1.29, 1.82) is 0 Å². The first kappa shape index (κ1) is 33.1. The third-order valence-electron chi connectivity index (χ3n) is 6.49. The molecule has 0 radical (unpaired) electrons. The van der Waals surface area contributed by atoms with Gasteiger partial charge in [0.15, 0.2) is 0 Å². The van der Waals surface area contributed by atoms with E-state index in [1.54, 1.807) is 31.7 Å². The van der Waals surface area contributed by atoms with E-state index in [9.17, 15) is 14.4 Å². The molecule has 0 aromatic heterocycles. The number of alkyl carbamates (subject to hydrolysis) is 1. The fourth-order valence-corrected chi connectivity index (χ4v) is 4.79. The Hall–Kier alpha value is -3.06. The van der Waals surface area contributed by atoms with Gasteiger partial charge in [-0.1, -0.05) is 74.7 Å². The number of amides is 3. The lowest BCUT2D eigenvalue weighted by molar-refractivity contribution is -0.141. The third-order valence-corrected chi connectivity index (χ3v) is 6.81. The van der Waals surface area contributed by atoms with E-state index in [2.05, 4.69) is 10.6 Å². The summed E-state index contributed by atoms with van der Waals surface area (Å²) in [6, 6.07) is 9.50. The highest BCUT2D eigenvalue weighted by atomic mass is 35.5. The van der Waals surface area contributed by atoms with Crippen LogP contribution in [0, 0.1) is 26.7 Å². The van der Waals surface area contributed by atoms with Crippen LogP contribution in [0.15, 0.2) is 36.4 Å². The SMILES string of the molecule is CCCCN(C(=O)C(CC(C)C)NC(=O)OC(C)(C)C)C(C(=O)Nc1c(C)cccc1Cl)c1cc(C)ccc1C. The van der Waals surface area contributed by atoms with E-state index >= 15 is 0 Å². The Balaban J connectivity index is 2.63. The Morgan fingerprint density at radius 3 is 2.27 bits per heavy atom. The van der Waals surface area contributed by atoms with Crippen molar-refractivity contribution >= 4 is 35.2 Å². The van der Waals surface area contributed by atoms with Crippen LogP contribution in [0.5, 0.6) is 0 Å². The van der Waals surface area contributed by atoms with Crippen LogP contribution in [0.4, 0.5) is 10.5 Å². The van der Waals surface area contributed by atoms with Gasteiger partial charge in [-0.2, -0.15) is 0 Å². The molecule has 40 heavy (non-hydrogen) atoms. The second-order valence-corrected chi connectivity index (χ2v) is 12.3. The Morgan fingerprint density at radius 1 is 1.02 bits per heavy atom. The molecular formula is C32H46ClN3O4. The lowest BCUT2D eigenvalue weighted by Crippen LogP contribution is -2.53. The summed E-state index contributed by atoms with van der Waals surface area (Å²) in [5.74, 6) is -0.587. The summed E-state index contributed by atoms with van der Waals surface area (Å²) >= 11 is 6.47. The molecule has 0 fully saturated rings. The molecule has 2 aromatic rings. The maximum absolute atomic E-state index is 14.3. The Morgan fingerprint density at radius 2 is 1.70 bits per heavy atom. The molecule has 2 N–H and O–H groups in total. The highest BCUT2D eigenvalue weighted by Gasteiger charge is 2.37. The lowest BCUT2D eigenvalue weighted by Gasteiger charge is -2.35. The van der Waals surface area contributed by atoms with Crippen LogP contribution in [-0.4, -0.2) is 41.0 Å². The van der Waals surface area contributed by atoms with Gasteiger partial charge in [-0.05, 0) is 83.1 Å². The van der Waals surface area contributed by atoms with E-state index in [0.717, 1.165) is 28.7 Å². The first-order valence-electron chi connectivity index (χ1n) is 14.1. The average Bonchev–Trinajstić information content (AvgIpc) is 2.83. The van der Waals surface area contributed by atoms with E-state index in [4.69, 9.17) is 16.3 Å². The minimum absolute atomic E-state index is 0.107. The van der Waals surface area contributed by atoms with Gasteiger partial charge in [0.1, 0.15) is 17.7 Å². The minimum atomic E-state index is -0.940. The zero-order valence-corrected chi connectivity index (χ0v) is 26.2. The number of para-hydroxylation sites is 1. The molecule has 2 rings (SSSR count). The fraction of sp³-hybridized carbons (Fsp3) is 0.531. The normalized spacial score (nSPS) is 13.0. The van der Waals surface area contributed by atoms with E-state index < -0.39 is 23.8 Å². The van der Waals surface area contributed by atoms with E-state index in [-0.39, 0.29) is 17.7 Å². The van der Waals surface area contributed by atoms with Gasteiger partial charge in [-0.3, -0.25) is 9.59 Å². The van der Waals surface area contributed by atoms with Gasteiger partial charge >= 0.3 is 6.09 Å². The van der Waals surface area contributed by atoms with Crippen molar-refractivity contribution < 1.29 is 19.1 Å². The second kappa shape index (κ2) is 14.5. The summed E-state index contributed by atoms with van der Waals surface area (Å²) in [5, 5.41) is 6.23. The van der Waals surface area contributed by atoms with Gasteiger partial charge < -0.3 is 20.3 Å². The van der Waals surface area contributed by atoms with E-state index in [1.807, 2.05) is 71.9 Å². The largest absolute Gasteiger partial charge is 0.444 e. The number of unbranched alkanes of at least 4 members (excludes halogenated alkanes) is 1. The Labute approximate surface area is 245 Å². The molecule has 220 valence electrons. The number of nitrogens with zero attached hydrogens (tertiary/aromatic N) is 1. The molecule has 0 saturated carbocycles. The van der Waals surface area contributed by atoms with Crippen molar-refractivity contribution in [3.05, 3.63) is 63.7 Å². The van der Waals surface area contributed by atoms with Crippen molar-refractivity contribution in [1.82, 2.24) is 10.2 Å². The van der Waals surface area contributed by atoms with Crippen molar-refractivity contribution in [3.8, 4) is 0 Å². The van der Waals surface area contributed by atoms with Crippen LogP contribution in [0.2, 0.25) is 5.02 Å². The molecule has 2 aromatic carbocycles. The smallest absolute Gasteiger partial charge is 0.408 e. The number of rotatable bonds is 11. The number of halogens is 1. The number of nitrogens with one attached hydrogen (secondary N) is 2. The molecule has 0 aliphatic carbocycles. The monoisotopic (exact) mass is 571 g/mol. The predicted molar refractivity (Wildman–Crippen MR) is 163 cm³/mol. The van der Waals surface area contributed by atoms with Crippen LogP contribution in [0.3, 0.4) is 0 Å². The van der Waals surface area contributed by atoms with Crippen LogP contribution in [0.25, 0.3) is 0 Å². The number of ether oxygens (including phenoxy) is 1. The minimum Gasteiger partial charge on any atom is -0.444 e. The molecule has 0 bridgehead atoms. The van der Waals surface area contributed by atoms with Gasteiger partial charge in [-0.15, -0.1) is 0 Å². The highest BCUT2D eigenvalue weighted by Crippen LogP contribution is 2.31. The number of carbonyl (C=O) groups excluding carboxylic acids is 3. The van der Waals surface area contributed by atoms with Crippen LogP contribution < -0.4 is 10.6 Å². The topological polar surface area (TPSA) is 87.7 Å². The molecular weight excluding hydrogens is 526 g/mol. The number of carbonyl (C=O) groups is 3. The zero-order valence-electron chi connectivity index (χ0n) is 25.5. The van der Waals surface area contributed by atoms with Crippen LogP contribution in [0.1, 0.15) is 89.1 Å². The summed E-state index contributed by atoms with van der Waals surface area (Å²) in [7, 11) is 0. The number of hydrogen-bond acceptors (Lipinski definition) is 4. The predicted octanol–water partition coefficient (Wildman–Crippen LogP) is 7.51. The molecule has 0 aliphatic heterocycles. The van der Waals surface area contributed by atoms with Crippen molar-refractivity contribution in [3.63, 3.8) is 0 Å². The first-order valence-corrected chi connectivity index (χ1v) is 14.5.